The van der Waals surface area contributed by atoms with E-state index in [4.69, 9.17) is 11.6 Å². The summed E-state index contributed by atoms with van der Waals surface area (Å²) in [6, 6.07) is 12.0. The minimum atomic E-state index is -0.462. The van der Waals surface area contributed by atoms with Gasteiger partial charge in [-0.25, -0.2) is 4.39 Å². The van der Waals surface area contributed by atoms with Crippen LogP contribution in [0.15, 0.2) is 46.9 Å². The first kappa shape index (κ1) is 15.0. The predicted molar refractivity (Wildman–Crippen MR) is 81.1 cm³/mol. The van der Waals surface area contributed by atoms with E-state index in [1.165, 1.54) is 12.1 Å². The standard InChI is InChI=1S/C15H12BrClFNO/c16-11-6-4-10(5-7-11)9-19-15(20)8-12-13(17)2-1-3-14(12)18/h1-7H,8-9H2,(H,19,20). The monoisotopic (exact) mass is 355 g/mol. The summed E-state index contributed by atoms with van der Waals surface area (Å²) in [6.45, 7) is 0.401. The van der Waals surface area contributed by atoms with Crippen LogP contribution in [-0.2, 0) is 17.8 Å². The molecule has 0 unspecified atom stereocenters. The van der Waals surface area contributed by atoms with Crippen molar-refractivity contribution in [2.75, 3.05) is 0 Å². The number of halogens is 3. The number of nitrogens with one attached hydrogen (secondary N) is 1. The Hall–Kier alpha value is -1.39. The molecular weight excluding hydrogens is 345 g/mol. The Morgan fingerprint density at radius 1 is 1.20 bits per heavy atom. The summed E-state index contributed by atoms with van der Waals surface area (Å²) >= 11 is 9.22. The van der Waals surface area contributed by atoms with Crippen LogP contribution in [0.1, 0.15) is 11.1 Å². The fourth-order valence-electron chi connectivity index (χ4n) is 1.73. The fourth-order valence-corrected chi connectivity index (χ4v) is 2.22. The molecule has 0 radical (unpaired) electrons. The van der Waals surface area contributed by atoms with E-state index in [1.54, 1.807) is 6.07 Å². The number of carbonyl (C=O) groups is 1. The zero-order valence-electron chi connectivity index (χ0n) is 10.5. The Balaban J connectivity index is 1.94. The smallest absolute Gasteiger partial charge is 0.224 e. The third kappa shape index (κ3) is 4.05. The largest absolute Gasteiger partial charge is 0.352 e. The normalized spacial score (nSPS) is 10.3. The van der Waals surface area contributed by atoms with E-state index in [9.17, 15) is 9.18 Å². The van der Waals surface area contributed by atoms with Crippen molar-refractivity contribution in [1.29, 1.82) is 0 Å². The summed E-state index contributed by atoms with van der Waals surface area (Å²) in [7, 11) is 0. The van der Waals surface area contributed by atoms with Gasteiger partial charge in [-0.3, -0.25) is 4.79 Å². The lowest BCUT2D eigenvalue weighted by Crippen LogP contribution is -2.25. The van der Waals surface area contributed by atoms with Crippen molar-refractivity contribution in [3.8, 4) is 0 Å². The summed E-state index contributed by atoms with van der Waals surface area (Å²) in [6.07, 6.45) is -0.0674. The Morgan fingerprint density at radius 3 is 2.55 bits per heavy atom. The highest BCUT2D eigenvalue weighted by molar-refractivity contribution is 9.10. The molecule has 104 valence electrons. The van der Waals surface area contributed by atoms with E-state index < -0.39 is 5.82 Å². The lowest BCUT2D eigenvalue weighted by atomic mass is 10.1. The van der Waals surface area contributed by atoms with Gasteiger partial charge in [0.25, 0.3) is 0 Å². The Labute approximate surface area is 130 Å². The van der Waals surface area contributed by atoms with Crippen LogP contribution in [0, 0.1) is 5.82 Å². The van der Waals surface area contributed by atoms with Crippen LogP contribution in [-0.4, -0.2) is 5.91 Å². The summed E-state index contributed by atoms with van der Waals surface area (Å²) in [4.78, 5) is 11.8. The van der Waals surface area contributed by atoms with Gasteiger partial charge in [-0.1, -0.05) is 45.7 Å². The van der Waals surface area contributed by atoms with Gasteiger partial charge < -0.3 is 5.32 Å². The maximum Gasteiger partial charge on any atom is 0.224 e. The lowest BCUT2D eigenvalue weighted by molar-refractivity contribution is -0.120. The van der Waals surface area contributed by atoms with E-state index in [0.717, 1.165) is 10.0 Å². The van der Waals surface area contributed by atoms with Gasteiger partial charge in [0.05, 0.1) is 6.42 Å². The summed E-state index contributed by atoms with van der Waals surface area (Å²) in [5, 5.41) is 3.01. The molecule has 0 spiro atoms. The first-order valence-electron chi connectivity index (χ1n) is 6.00. The highest BCUT2D eigenvalue weighted by atomic mass is 79.9. The molecule has 0 aliphatic heterocycles. The van der Waals surface area contributed by atoms with Crippen molar-refractivity contribution >= 4 is 33.4 Å². The second kappa shape index (κ2) is 6.86. The average molecular weight is 357 g/mol. The topological polar surface area (TPSA) is 29.1 Å². The van der Waals surface area contributed by atoms with Crippen LogP contribution >= 0.6 is 27.5 Å². The van der Waals surface area contributed by atoms with E-state index in [0.29, 0.717) is 6.54 Å². The highest BCUT2D eigenvalue weighted by Gasteiger charge is 2.11. The van der Waals surface area contributed by atoms with Gasteiger partial charge in [0.15, 0.2) is 0 Å². The molecule has 0 saturated carbocycles. The molecule has 0 aliphatic carbocycles. The van der Waals surface area contributed by atoms with E-state index in [1.807, 2.05) is 24.3 Å². The van der Waals surface area contributed by atoms with Gasteiger partial charge in [0.2, 0.25) is 5.91 Å². The molecule has 2 aromatic rings. The van der Waals surface area contributed by atoms with Crippen LogP contribution in [0.25, 0.3) is 0 Å². The number of rotatable bonds is 4. The zero-order valence-corrected chi connectivity index (χ0v) is 12.8. The molecule has 0 saturated heterocycles. The molecule has 0 heterocycles. The second-order valence-electron chi connectivity index (χ2n) is 4.28. The molecule has 2 aromatic carbocycles. The van der Waals surface area contributed by atoms with Crippen molar-refractivity contribution < 1.29 is 9.18 Å². The molecule has 0 fully saturated rings. The second-order valence-corrected chi connectivity index (χ2v) is 5.60. The SMILES string of the molecule is O=C(Cc1c(F)cccc1Cl)NCc1ccc(Br)cc1. The predicted octanol–water partition coefficient (Wildman–Crippen LogP) is 4.10. The number of carbonyl (C=O) groups excluding carboxylic acids is 1. The van der Waals surface area contributed by atoms with Crippen LogP contribution < -0.4 is 5.32 Å². The third-order valence-corrected chi connectivity index (χ3v) is 3.68. The molecule has 0 bridgehead atoms. The average Bonchev–Trinajstić information content (AvgIpc) is 2.42. The maximum absolute atomic E-state index is 13.5. The van der Waals surface area contributed by atoms with Gasteiger partial charge in [-0.05, 0) is 29.8 Å². The Kier molecular flexibility index (Phi) is 5.15. The maximum atomic E-state index is 13.5. The first-order valence-corrected chi connectivity index (χ1v) is 7.17. The molecule has 0 aliphatic rings. The third-order valence-electron chi connectivity index (χ3n) is 2.80. The number of amides is 1. The van der Waals surface area contributed by atoms with Gasteiger partial charge >= 0.3 is 0 Å². The molecule has 1 N–H and O–H groups in total. The molecule has 0 aromatic heterocycles. The fraction of sp³-hybridized carbons (Fsp3) is 0.133. The zero-order chi connectivity index (χ0) is 14.5. The summed E-state index contributed by atoms with van der Waals surface area (Å²) in [5.41, 5.74) is 1.20. The molecule has 0 atom stereocenters. The summed E-state index contributed by atoms with van der Waals surface area (Å²) < 4.78 is 14.5. The van der Waals surface area contributed by atoms with Crippen molar-refractivity contribution in [1.82, 2.24) is 5.32 Å². The minimum absolute atomic E-state index is 0.0674. The van der Waals surface area contributed by atoms with Crippen LogP contribution in [0.2, 0.25) is 5.02 Å². The van der Waals surface area contributed by atoms with Crippen LogP contribution in [0.4, 0.5) is 4.39 Å². The van der Waals surface area contributed by atoms with Gasteiger partial charge in [-0.2, -0.15) is 0 Å². The van der Waals surface area contributed by atoms with Crippen LogP contribution in [0.3, 0.4) is 0 Å². The molecule has 5 heteroatoms. The minimum Gasteiger partial charge on any atom is -0.352 e. The first-order chi connectivity index (χ1) is 9.56. The van der Waals surface area contributed by atoms with Crippen molar-refractivity contribution in [2.24, 2.45) is 0 Å². The van der Waals surface area contributed by atoms with Crippen molar-refractivity contribution in [2.45, 2.75) is 13.0 Å². The number of hydrogen-bond donors (Lipinski definition) is 1. The van der Waals surface area contributed by atoms with Gasteiger partial charge in [-0.15, -0.1) is 0 Å². The van der Waals surface area contributed by atoms with Gasteiger partial charge in [0, 0.05) is 21.6 Å². The molecular formula is C15H12BrClFNO. The molecule has 2 rings (SSSR count). The van der Waals surface area contributed by atoms with E-state index >= 15 is 0 Å². The number of benzene rings is 2. The van der Waals surface area contributed by atoms with Crippen molar-refractivity contribution in [3.05, 3.63) is 68.9 Å². The quantitative estimate of drug-likeness (QED) is 0.878. The van der Waals surface area contributed by atoms with Gasteiger partial charge in [0.1, 0.15) is 5.82 Å². The van der Waals surface area contributed by atoms with Crippen LogP contribution in [0.5, 0.6) is 0 Å². The molecule has 2 nitrogen and oxygen atoms in total. The highest BCUT2D eigenvalue weighted by Crippen LogP contribution is 2.19. The Bertz CT molecular complexity index is 596. The Morgan fingerprint density at radius 2 is 1.90 bits per heavy atom. The molecule has 20 heavy (non-hydrogen) atoms. The van der Waals surface area contributed by atoms with E-state index in [2.05, 4.69) is 21.2 Å². The van der Waals surface area contributed by atoms with Crippen molar-refractivity contribution in [3.63, 3.8) is 0 Å². The summed E-state index contributed by atoms with van der Waals surface area (Å²) in [5.74, 6) is -0.726. The number of hydrogen-bond acceptors (Lipinski definition) is 1. The molecule has 1 amide bonds. The van der Waals surface area contributed by atoms with E-state index in [-0.39, 0.29) is 22.9 Å². The lowest BCUT2D eigenvalue weighted by Gasteiger charge is -2.07.